The summed E-state index contributed by atoms with van der Waals surface area (Å²) in [7, 11) is 0. The Morgan fingerprint density at radius 2 is 2.10 bits per heavy atom. The first-order valence-corrected chi connectivity index (χ1v) is 7.23. The Balaban J connectivity index is 1.68. The minimum absolute atomic E-state index is 0.0974. The number of nitrogens with zero attached hydrogens (tertiary/aromatic N) is 3. The summed E-state index contributed by atoms with van der Waals surface area (Å²) in [5.74, 6) is 0.603. The van der Waals surface area contributed by atoms with E-state index in [1.807, 2.05) is 6.92 Å². The lowest BCUT2D eigenvalue weighted by Crippen LogP contribution is -2.21. The van der Waals surface area contributed by atoms with Gasteiger partial charge in [0, 0.05) is 24.4 Å². The number of rotatable bonds is 4. The molecule has 21 heavy (non-hydrogen) atoms. The first-order chi connectivity index (χ1) is 10.2. The van der Waals surface area contributed by atoms with Crippen molar-refractivity contribution < 1.29 is 8.78 Å². The van der Waals surface area contributed by atoms with E-state index in [-0.39, 0.29) is 11.5 Å². The Morgan fingerprint density at radius 3 is 2.76 bits per heavy atom. The van der Waals surface area contributed by atoms with E-state index in [0.717, 1.165) is 31.0 Å². The highest BCUT2D eigenvalue weighted by Crippen LogP contribution is 2.31. The van der Waals surface area contributed by atoms with Crippen LogP contribution >= 0.6 is 0 Å². The maximum atomic E-state index is 13.8. The van der Waals surface area contributed by atoms with E-state index in [1.165, 1.54) is 18.2 Å². The normalized spacial score (nSPS) is 19.3. The number of aromatic nitrogens is 3. The number of aryl methyl sites for hydroxylation is 1. The summed E-state index contributed by atoms with van der Waals surface area (Å²) in [5.41, 5.74) is 0.215. The van der Waals surface area contributed by atoms with Crippen molar-refractivity contribution in [3.05, 3.63) is 47.0 Å². The van der Waals surface area contributed by atoms with Gasteiger partial charge in [-0.3, -0.25) is 10.00 Å². The summed E-state index contributed by atoms with van der Waals surface area (Å²) < 4.78 is 27.6. The zero-order chi connectivity index (χ0) is 14.8. The van der Waals surface area contributed by atoms with Gasteiger partial charge in [-0.25, -0.2) is 13.8 Å². The Bertz CT molecular complexity index is 606. The highest BCUT2D eigenvalue weighted by molar-refractivity contribution is 5.25. The molecule has 0 aliphatic carbocycles. The molecular weight excluding hydrogens is 274 g/mol. The lowest BCUT2D eigenvalue weighted by atomic mass is 9.97. The van der Waals surface area contributed by atoms with Gasteiger partial charge in [-0.1, -0.05) is 13.0 Å². The van der Waals surface area contributed by atoms with Crippen LogP contribution in [-0.4, -0.2) is 33.2 Å². The Morgan fingerprint density at radius 1 is 1.33 bits per heavy atom. The second kappa shape index (κ2) is 5.89. The SMILES string of the molecule is CCc1n[nH]c(CN2CCC(c3c(F)cccc3F)C2)n1. The molecule has 0 radical (unpaired) electrons. The quantitative estimate of drug-likeness (QED) is 0.942. The lowest BCUT2D eigenvalue weighted by Gasteiger charge is -2.15. The average molecular weight is 292 g/mol. The van der Waals surface area contributed by atoms with E-state index in [2.05, 4.69) is 20.1 Å². The standard InChI is InChI=1S/C15H18F2N4/c1-2-13-18-14(20-19-13)9-21-7-6-10(8-21)15-11(16)4-3-5-12(15)17/h3-5,10H,2,6-9H2,1H3,(H,18,19,20). The number of halogens is 2. The maximum Gasteiger partial charge on any atom is 0.150 e. The molecule has 1 atom stereocenters. The van der Waals surface area contributed by atoms with Crippen LogP contribution < -0.4 is 0 Å². The van der Waals surface area contributed by atoms with E-state index >= 15 is 0 Å². The van der Waals surface area contributed by atoms with Crippen molar-refractivity contribution in [2.45, 2.75) is 32.2 Å². The first kappa shape index (κ1) is 14.1. The highest BCUT2D eigenvalue weighted by atomic mass is 19.1. The fraction of sp³-hybridized carbons (Fsp3) is 0.467. The third-order valence-electron chi connectivity index (χ3n) is 3.95. The number of H-pyrrole nitrogens is 1. The molecule has 0 amide bonds. The molecule has 3 rings (SSSR count). The smallest absolute Gasteiger partial charge is 0.150 e. The van der Waals surface area contributed by atoms with E-state index in [4.69, 9.17) is 0 Å². The predicted octanol–water partition coefficient (Wildman–Crippen LogP) is 2.63. The molecule has 1 aliphatic heterocycles. The van der Waals surface area contributed by atoms with Crippen LogP contribution in [0, 0.1) is 11.6 Å². The molecule has 1 saturated heterocycles. The Hall–Kier alpha value is -1.82. The van der Waals surface area contributed by atoms with Crippen LogP contribution in [0.2, 0.25) is 0 Å². The molecule has 112 valence electrons. The van der Waals surface area contributed by atoms with Gasteiger partial charge in [0.15, 0.2) is 0 Å². The van der Waals surface area contributed by atoms with Crippen molar-refractivity contribution in [3.8, 4) is 0 Å². The topological polar surface area (TPSA) is 44.8 Å². The molecule has 1 N–H and O–H groups in total. The average Bonchev–Trinajstić information content (AvgIpc) is 3.09. The van der Waals surface area contributed by atoms with Crippen LogP contribution in [-0.2, 0) is 13.0 Å². The van der Waals surface area contributed by atoms with Gasteiger partial charge in [-0.15, -0.1) is 0 Å². The fourth-order valence-corrected chi connectivity index (χ4v) is 2.89. The van der Waals surface area contributed by atoms with E-state index in [1.54, 1.807) is 0 Å². The summed E-state index contributed by atoms with van der Waals surface area (Å²) in [6.07, 6.45) is 1.55. The summed E-state index contributed by atoms with van der Waals surface area (Å²) in [6.45, 7) is 4.08. The third kappa shape index (κ3) is 2.95. The summed E-state index contributed by atoms with van der Waals surface area (Å²) in [4.78, 5) is 6.52. The van der Waals surface area contributed by atoms with Crippen LogP contribution in [0.5, 0.6) is 0 Å². The van der Waals surface area contributed by atoms with Crippen LogP contribution in [0.25, 0.3) is 0 Å². The van der Waals surface area contributed by atoms with Gasteiger partial charge >= 0.3 is 0 Å². The maximum absolute atomic E-state index is 13.8. The molecule has 1 aromatic heterocycles. The van der Waals surface area contributed by atoms with Gasteiger partial charge in [0.25, 0.3) is 0 Å². The number of aromatic amines is 1. The summed E-state index contributed by atoms with van der Waals surface area (Å²) in [5, 5.41) is 7.01. The van der Waals surface area contributed by atoms with E-state index in [0.29, 0.717) is 13.1 Å². The van der Waals surface area contributed by atoms with Gasteiger partial charge in [-0.2, -0.15) is 5.10 Å². The first-order valence-electron chi connectivity index (χ1n) is 7.23. The van der Waals surface area contributed by atoms with Crippen molar-refractivity contribution in [1.82, 2.24) is 20.1 Å². The molecule has 1 aliphatic rings. The molecule has 0 bridgehead atoms. The Labute approximate surface area is 122 Å². The molecule has 2 aromatic rings. The highest BCUT2D eigenvalue weighted by Gasteiger charge is 2.28. The predicted molar refractivity (Wildman–Crippen MR) is 74.8 cm³/mol. The van der Waals surface area contributed by atoms with Crippen LogP contribution in [0.3, 0.4) is 0 Å². The van der Waals surface area contributed by atoms with E-state index in [9.17, 15) is 8.78 Å². The van der Waals surface area contributed by atoms with Gasteiger partial charge < -0.3 is 0 Å². The van der Waals surface area contributed by atoms with Crippen LogP contribution in [0.15, 0.2) is 18.2 Å². The molecule has 0 spiro atoms. The zero-order valence-electron chi connectivity index (χ0n) is 11.9. The largest absolute Gasteiger partial charge is 0.295 e. The number of nitrogens with one attached hydrogen (secondary N) is 1. The van der Waals surface area contributed by atoms with Crippen molar-refractivity contribution in [3.63, 3.8) is 0 Å². The van der Waals surface area contributed by atoms with Crippen molar-refractivity contribution in [2.75, 3.05) is 13.1 Å². The summed E-state index contributed by atoms with van der Waals surface area (Å²) >= 11 is 0. The lowest BCUT2D eigenvalue weighted by molar-refractivity contribution is 0.317. The third-order valence-corrected chi connectivity index (χ3v) is 3.95. The monoisotopic (exact) mass is 292 g/mol. The second-order valence-corrected chi connectivity index (χ2v) is 5.41. The van der Waals surface area contributed by atoms with Crippen molar-refractivity contribution in [2.24, 2.45) is 0 Å². The summed E-state index contributed by atoms with van der Waals surface area (Å²) in [6, 6.07) is 4.05. The number of hydrogen-bond acceptors (Lipinski definition) is 3. The van der Waals surface area contributed by atoms with Crippen molar-refractivity contribution in [1.29, 1.82) is 0 Å². The Kier molecular flexibility index (Phi) is 3.96. The molecule has 2 heterocycles. The van der Waals surface area contributed by atoms with E-state index < -0.39 is 11.6 Å². The van der Waals surface area contributed by atoms with Gasteiger partial charge in [-0.05, 0) is 25.1 Å². The number of hydrogen-bond donors (Lipinski definition) is 1. The minimum Gasteiger partial charge on any atom is -0.295 e. The van der Waals surface area contributed by atoms with Crippen molar-refractivity contribution >= 4 is 0 Å². The molecule has 1 aromatic carbocycles. The molecular formula is C15H18F2N4. The molecule has 1 unspecified atom stereocenters. The van der Waals surface area contributed by atoms with Crippen LogP contribution in [0.4, 0.5) is 8.78 Å². The fourth-order valence-electron chi connectivity index (χ4n) is 2.89. The van der Waals surface area contributed by atoms with Gasteiger partial charge in [0.05, 0.1) is 6.54 Å². The minimum atomic E-state index is -0.449. The zero-order valence-corrected chi connectivity index (χ0v) is 11.9. The van der Waals surface area contributed by atoms with Gasteiger partial charge in [0.1, 0.15) is 23.3 Å². The molecule has 6 heteroatoms. The molecule has 1 fully saturated rings. The second-order valence-electron chi connectivity index (χ2n) is 5.41. The van der Waals surface area contributed by atoms with Crippen LogP contribution in [0.1, 0.15) is 36.5 Å². The number of benzene rings is 1. The molecule has 4 nitrogen and oxygen atoms in total. The number of likely N-dealkylation sites (tertiary alicyclic amines) is 1. The molecule has 0 saturated carbocycles. The van der Waals surface area contributed by atoms with Gasteiger partial charge in [0.2, 0.25) is 0 Å².